The van der Waals surface area contributed by atoms with Gasteiger partial charge in [0, 0.05) is 14.1 Å². The van der Waals surface area contributed by atoms with Crippen LogP contribution in [0.5, 0.6) is 0 Å². The lowest BCUT2D eigenvalue weighted by molar-refractivity contribution is -0.122. The zero-order chi connectivity index (χ0) is 13.0. The molecule has 0 aromatic carbocycles. The van der Waals surface area contributed by atoms with Crippen molar-refractivity contribution < 1.29 is 9.22 Å². The van der Waals surface area contributed by atoms with Crippen molar-refractivity contribution in [1.29, 1.82) is 0 Å². The van der Waals surface area contributed by atoms with Crippen LogP contribution in [0.1, 0.15) is 20.8 Å². The minimum atomic E-state index is -1.73. The van der Waals surface area contributed by atoms with E-state index in [0.717, 1.165) is 0 Å². The van der Waals surface area contributed by atoms with E-state index in [9.17, 15) is 4.79 Å². The monoisotopic (exact) mass is 241 g/mol. The van der Waals surface area contributed by atoms with Crippen LogP contribution in [0.4, 0.5) is 0 Å². The van der Waals surface area contributed by atoms with Gasteiger partial charge in [-0.15, -0.1) is 0 Å². The molecule has 0 rings (SSSR count). The van der Waals surface area contributed by atoms with Gasteiger partial charge in [-0.25, -0.2) is 0 Å². The molecule has 0 aliphatic rings. The van der Waals surface area contributed by atoms with E-state index in [0.29, 0.717) is 6.61 Å². The van der Waals surface area contributed by atoms with Crippen molar-refractivity contribution in [3.63, 3.8) is 0 Å². The van der Waals surface area contributed by atoms with Crippen LogP contribution in [0.3, 0.4) is 0 Å². The summed E-state index contributed by atoms with van der Waals surface area (Å²) in [5.74, 6) is 5.12. The predicted octanol–water partition coefficient (Wildman–Crippen LogP) is 2.10. The summed E-state index contributed by atoms with van der Waals surface area (Å²) in [6.07, 6.45) is 0. The summed E-state index contributed by atoms with van der Waals surface area (Å²) < 4.78 is 5.82. The maximum atomic E-state index is 11.2. The lowest BCUT2D eigenvalue weighted by Gasteiger charge is -2.35. The summed E-state index contributed by atoms with van der Waals surface area (Å²) in [6.45, 7) is 11.2. The Hall–Kier alpha value is -0.793. The molecule has 0 saturated carbocycles. The third kappa shape index (κ3) is 4.82. The van der Waals surface area contributed by atoms with Gasteiger partial charge in [0.05, 0.1) is 6.61 Å². The molecule has 0 saturated heterocycles. The highest BCUT2D eigenvalue weighted by molar-refractivity contribution is 6.74. The van der Waals surface area contributed by atoms with Gasteiger partial charge in [0.2, 0.25) is 0 Å². The SMILES string of the molecule is CN(C)C(=O)C#CCO[Si](C)(C)C(C)(C)C. The zero-order valence-electron chi connectivity index (χ0n) is 11.5. The van der Waals surface area contributed by atoms with Gasteiger partial charge in [-0.2, -0.15) is 0 Å². The summed E-state index contributed by atoms with van der Waals surface area (Å²) in [7, 11) is 1.64. The number of hydrogen-bond donors (Lipinski definition) is 0. The lowest BCUT2D eigenvalue weighted by atomic mass is 10.2. The lowest BCUT2D eigenvalue weighted by Crippen LogP contribution is -2.40. The molecule has 0 heterocycles. The number of rotatable bonds is 2. The molecule has 3 nitrogen and oxygen atoms in total. The first-order valence-electron chi connectivity index (χ1n) is 5.42. The molecule has 0 aliphatic carbocycles. The molecule has 4 heteroatoms. The standard InChI is InChI=1S/C12H23NO2Si/c1-12(2,3)16(6,7)15-10-8-9-11(14)13(4)5/h10H2,1-7H3. The molecule has 1 amide bonds. The topological polar surface area (TPSA) is 29.5 Å². The van der Waals surface area contributed by atoms with Crippen molar-refractivity contribution in [1.82, 2.24) is 4.90 Å². The van der Waals surface area contributed by atoms with E-state index < -0.39 is 8.32 Å². The van der Waals surface area contributed by atoms with E-state index in [-0.39, 0.29) is 10.9 Å². The van der Waals surface area contributed by atoms with Crippen LogP contribution in [-0.2, 0) is 9.22 Å². The van der Waals surface area contributed by atoms with Crippen molar-refractivity contribution in [2.24, 2.45) is 0 Å². The molecule has 0 spiro atoms. The maximum absolute atomic E-state index is 11.2. The quantitative estimate of drug-likeness (QED) is 0.547. The van der Waals surface area contributed by atoms with Crippen molar-refractivity contribution >= 4 is 14.2 Å². The maximum Gasteiger partial charge on any atom is 0.298 e. The molecule has 92 valence electrons. The van der Waals surface area contributed by atoms with Gasteiger partial charge in [0.15, 0.2) is 8.32 Å². The molecule has 0 N–H and O–H groups in total. The van der Waals surface area contributed by atoms with E-state index in [1.807, 2.05) is 0 Å². The number of nitrogens with zero attached hydrogens (tertiary/aromatic N) is 1. The normalized spacial score (nSPS) is 11.7. The van der Waals surface area contributed by atoms with E-state index >= 15 is 0 Å². The fourth-order valence-electron chi connectivity index (χ4n) is 0.657. The molecule has 0 bridgehead atoms. The van der Waals surface area contributed by atoms with E-state index in [4.69, 9.17) is 4.43 Å². The third-order valence-corrected chi connectivity index (χ3v) is 7.39. The summed E-state index contributed by atoms with van der Waals surface area (Å²) in [5, 5.41) is 0.181. The highest BCUT2D eigenvalue weighted by atomic mass is 28.4. The third-order valence-electron chi connectivity index (χ3n) is 2.91. The number of hydrogen-bond acceptors (Lipinski definition) is 2. The van der Waals surface area contributed by atoms with Crippen LogP contribution in [0.2, 0.25) is 18.1 Å². The first-order chi connectivity index (χ1) is 7.08. The Kier molecular flexibility index (Phi) is 5.24. The Labute approximate surface area is 100 Å². The summed E-state index contributed by atoms with van der Waals surface area (Å²) in [5.41, 5.74) is 0. The van der Waals surface area contributed by atoms with E-state index in [1.165, 1.54) is 4.90 Å². The second kappa shape index (κ2) is 5.51. The molecule has 0 aromatic heterocycles. The van der Waals surface area contributed by atoms with Crippen LogP contribution in [0.25, 0.3) is 0 Å². The van der Waals surface area contributed by atoms with E-state index in [2.05, 4.69) is 45.7 Å². The van der Waals surface area contributed by atoms with Gasteiger partial charge < -0.3 is 9.33 Å². The summed E-state index contributed by atoms with van der Waals surface area (Å²) in [4.78, 5) is 12.6. The predicted molar refractivity (Wildman–Crippen MR) is 69.6 cm³/mol. The second-order valence-corrected chi connectivity index (χ2v) is 10.4. The molecule has 0 fully saturated rings. The van der Waals surface area contributed by atoms with E-state index in [1.54, 1.807) is 14.1 Å². The average molecular weight is 241 g/mol. The van der Waals surface area contributed by atoms with Crippen LogP contribution >= 0.6 is 0 Å². The molecule has 16 heavy (non-hydrogen) atoms. The molecule has 0 unspecified atom stereocenters. The Morgan fingerprint density at radius 2 is 1.81 bits per heavy atom. The zero-order valence-corrected chi connectivity index (χ0v) is 12.5. The van der Waals surface area contributed by atoms with Gasteiger partial charge in [0.1, 0.15) is 0 Å². The number of carbonyl (C=O) groups excluding carboxylic acids is 1. The first kappa shape index (κ1) is 15.2. The first-order valence-corrected chi connectivity index (χ1v) is 8.33. The second-order valence-electron chi connectivity index (χ2n) is 5.55. The summed E-state index contributed by atoms with van der Waals surface area (Å²) in [6, 6.07) is 0. The Morgan fingerprint density at radius 1 is 1.31 bits per heavy atom. The molecule has 0 atom stereocenters. The smallest absolute Gasteiger partial charge is 0.298 e. The van der Waals surface area contributed by atoms with Crippen LogP contribution in [0, 0.1) is 11.8 Å². The Morgan fingerprint density at radius 3 is 2.19 bits per heavy atom. The van der Waals surface area contributed by atoms with Gasteiger partial charge in [-0.3, -0.25) is 4.79 Å². The molecule has 0 aliphatic heterocycles. The molecular formula is C12H23NO2Si. The number of carbonyl (C=O) groups is 1. The Bertz CT molecular complexity index is 305. The van der Waals surface area contributed by atoms with Crippen molar-refractivity contribution in [3.8, 4) is 11.8 Å². The van der Waals surface area contributed by atoms with Crippen LogP contribution in [0.15, 0.2) is 0 Å². The van der Waals surface area contributed by atoms with Crippen molar-refractivity contribution in [3.05, 3.63) is 0 Å². The highest BCUT2D eigenvalue weighted by Gasteiger charge is 2.36. The van der Waals surface area contributed by atoms with Gasteiger partial charge >= 0.3 is 0 Å². The highest BCUT2D eigenvalue weighted by Crippen LogP contribution is 2.36. The van der Waals surface area contributed by atoms with Crippen LogP contribution < -0.4 is 0 Å². The number of amides is 1. The van der Waals surface area contributed by atoms with Gasteiger partial charge in [-0.05, 0) is 24.1 Å². The van der Waals surface area contributed by atoms with Gasteiger partial charge in [-0.1, -0.05) is 26.7 Å². The van der Waals surface area contributed by atoms with Crippen LogP contribution in [-0.4, -0.2) is 39.8 Å². The molecule has 0 aromatic rings. The summed E-state index contributed by atoms with van der Waals surface area (Å²) >= 11 is 0. The van der Waals surface area contributed by atoms with Crippen molar-refractivity contribution in [2.75, 3.05) is 20.7 Å². The minimum absolute atomic E-state index is 0.181. The fourth-order valence-corrected chi connectivity index (χ4v) is 1.52. The largest absolute Gasteiger partial charge is 0.406 e. The minimum Gasteiger partial charge on any atom is -0.406 e. The fraction of sp³-hybridized carbons (Fsp3) is 0.750. The van der Waals surface area contributed by atoms with Crippen molar-refractivity contribution in [2.45, 2.75) is 38.9 Å². The molecule has 0 radical (unpaired) electrons. The average Bonchev–Trinajstić information content (AvgIpc) is 2.09. The Balaban J connectivity index is 4.23. The molecular weight excluding hydrogens is 218 g/mol. The van der Waals surface area contributed by atoms with Gasteiger partial charge in [0.25, 0.3) is 5.91 Å².